The van der Waals surface area contributed by atoms with Crippen LogP contribution in [0.4, 0.5) is 0 Å². The van der Waals surface area contributed by atoms with Crippen LogP contribution in [0.15, 0.2) is 10.1 Å². The number of nitrogens with zero attached hydrogens (tertiary/aromatic N) is 2. The van der Waals surface area contributed by atoms with Gasteiger partial charge in [-0.1, -0.05) is 41.0 Å². The molecular formula is C11H27N3. The molecule has 0 aliphatic rings. The van der Waals surface area contributed by atoms with Gasteiger partial charge >= 0.3 is 0 Å². The van der Waals surface area contributed by atoms with E-state index in [0.29, 0.717) is 0 Å². The van der Waals surface area contributed by atoms with Crippen LogP contribution in [0, 0.1) is 0 Å². The monoisotopic (exact) mass is 201 g/mol. The summed E-state index contributed by atoms with van der Waals surface area (Å²) >= 11 is 0. The van der Waals surface area contributed by atoms with E-state index in [-0.39, 0.29) is 0 Å². The second kappa shape index (κ2) is 18.0. The van der Waals surface area contributed by atoms with Gasteiger partial charge in [-0.05, 0) is 13.3 Å². The summed E-state index contributed by atoms with van der Waals surface area (Å²) in [6.07, 6.45) is 1.97. The van der Waals surface area contributed by atoms with E-state index in [1.54, 1.807) is 7.05 Å². The number of hydrogen-bond donors (Lipinski definition) is 1. The largest absolute Gasteiger partial charge is 0.323 e. The van der Waals surface area contributed by atoms with Crippen LogP contribution in [-0.4, -0.2) is 18.5 Å². The fraction of sp³-hybridized carbons (Fsp3) is 0.818. The Morgan fingerprint density at radius 2 is 1.57 bits per heavy atom. The van der Waals surface area contributed by atoms with Crippen LogP contribution in [-0.2, 0) is 0 Å². The average Bonchev–Trinajstić information content (AvgIpc) is 2.30. The van der Waals surface area contributed by atoms with Gasteiger partial charge in [0.25, 0.3) is 0 Å². The Labute approximate surface area is 89.5 Å². The Bertz CT molecular complexity index is 149. The minimum atomic E-state index is 0.907. The molecule has 3 heteroatoms. The van der Waals surface area contributed by atoms with Crippen LogP contribution in [0.2, 0.25) is 0 Å². The minimum Gasteiger partial charge on any atom is -0.323 e. The second-order valence-corrected chi connectivity index (χ2v) is 2.13. The first kappa shape index (κ1) is 18.8. The molecule has 0 amide bonds. The third-order valence-corrected chi connectivity index (χ3v) is 1.40. The highest BCUT2D eigenvalue weighted by Crippen LogP contribution is 1.93. The van der Waals surface area contributed by atoms with Crippen molar-refractivity contribution in [2.75, 3.05) is 7.05 Å². The lowest BCUT2D eigenvalue weighted by molar-refractivity contribution is 0.989. The molecule has 0 bridgehead atoms. The van der Waals surface area contributed by atoms with Gasteiger partial charge in [-0.2, -0.15) is 5.10 Å². The van der Waals surface area contributed by atoms with Gasteiger partial charge in [0.2, 0.25) is 0 Å². The SMILES string of the molecule is CC.CC.CCC/C(=N/N)C(C)=NC. The molecule has 3 nitrogen and oxygen atoms in total. The Morgan fingerprint density at radius 3 is 1.79 bits per heavy atom. The molecule has 0 atom stereocenters. The quantitative estimate of drug-likeness (QED) is 0.425. The predicted molar refractivity (Wildman–Crippen MR) is 68.3 cm³/mol. The van der Waals surface area contributed by atoms with E-state index < -0.39 is 0 Å². The molecule has 86 valence electrons. The van der Waals surface area contributed by atoms with Gasteiger partial charge in [-0.3, -0.25) is 4.99 Å². The summed E-state index contributed by atoms with van der Waals surface area (Å²) < 4.78 is 0. The molecule has 0 saturated heterocycles. The Kier molecular flexibility index (Phi) is 24.3. The van der Waals surface area contributed by atoms with E-state index in [4.69, 9.17) is 5.84 Å². The summed E-state index contributed by atoms with van der Waals surface area (Å²) in [5.74, 6) is 5.14. The third-order valence-electron chi connectivity index (χ3n) is 1.40. The van der Waals surface area contributed by atoms with Gasteiger partial charge in [0, 0.05) is 7.05 Å². The highest BCUT2D eigenvalue weighted by atomic mass is 15.1. The zero-order valence-corrected chi connectivity index (χ0v) is 10.9. The lowest BCUT2D eigenvalue weighted by Gasteiger charge is -1.99. The summed E-state index contributed by atoms with van der Waals surface area (Å²) in [7, 11) is 1.75. The van der Waals surface area contributed by atoms with Crippen molar-refractivity contribution >= 4 is 11.4 Å². The maximum atomic E-state index is 5.14. The average molecular weight is 201 g/mol. The van der Waals surface area contributed by atoms with E-state index >= 15 is 0 Å². The summed E-state index contributed by atoms with van der Waals surface area (Å²) in [4.78, 5) is 3.98. The molecule has 0 rings (SSSR count). The summed E-state index contributed by atoms with van der Waals surface area (Å²) in [5.41, 5.74) is 1.84. The molecule has 14 heavy (non-hydrogen) atoms. The van der Waals surface area contributed by atoms with Crippen molar-refractivity contribution in [3.05, 3.63) is 0 Å². The summed E-state index contributed by atoms with van der Waals surface area (Å²) in [5, 5.41) is 3.63. The molecule has 0 aromatic carbocycles. The standard InChI is InChI=1S/C7H15N3.2C2H6/c1-4-5-7(10-8)6(2)9-3;2*1-2/h4-5,8H2,1-3H3;2*1-2H3/b9-6?,10-7-;;. The fourth-order valence-corrected chi connectivity index (χ4v) is 0.705. The molecule has 2 N–H and O–H groups in total. The maximum absolute atomic E-state index is 5.14. The minimum absolute atomic E-state index is 0.907. The lowest BCUT2D eigenvalue weighted by Crippen LogP contribution is -2.12. The van der Waals surface area contributed by atoms with E-state index in [0.717, 1.165) is 24.3 Å². The number of nitrogens with two attached hydrogens (primary N) is 1. The van der Waals surface area contributed by atoms with E-state index in [9.17, 15) is 0 Å². The number of hydrazone groups is 1. The molecule has 0 radical (unpaired) electrons. The zero-order chi connectivity index (χ0) is 12.0. The second-order valence-electron chi connectivity index (χ2n) is 2.13. The van der Waals surface area contributed by atoms with E-state index in [1.807, 2.05) is 34.6 Å². The topological polar surface area (TPSA) is 50.7 Å². The van der Waals surface area contributed by atoms with Crippen molar-refractivity contribution in [1.29, 1.82) is 0 Å². The highest BCUT2D eigenvalue weighted by Gasteiger charge is 1.99. The molecule has 0 aromatic rings. The molecule has 0 aliphatic carbocycles. The Balaban J connectivity index is -0.000000266. The fourth-order valence-electron chi connectivity index (χ4n) is 0.705. The Hall–Kier alpha value is -0.860. The van der Waals surface area contributed by atoms with Crippen molar-refractivity contribution in [2.24, 2.45) is 15.9 Å². The summed E-state index contributed by atoms with van der Waals surface area (Å²) in [6.45, 7) is 12.0. The number of rotatable bonds is 3. The molecule has 0 unspecified atom stereocenters. The van der Waals surface area contributed by atoms with Crippen molar-refractivity contribution < 1.29 is 0 Å². The van der Waals surface area contributed by atoms with E-state index in [1.165, 1.54) is 0 Å². The van der Waals surface area contributed by atoms with Crippen LogP contribution in [0.3, 0.4) is 0 Å². The molecule has 0 aromatic heterocycles. The van der Waals surface area contributed by atoms with Crippen LogP contribution in [0.1, 0.15) is 54.4 Å². The highest BCUT2D eigenvalue weighted by molar-refractivity contribution is 6.41. The van der Waals surface area contributed by atoms with Crippen LogP contribution in [0.5, 0.6) is 0 Å². The van der Waals surface area contributed by atoms with Gasteiger partial charge in [0.1, 0.15) is 0 Å². The first-order valence-electron chi connectivity index (χ1n) is 5.46. The van der Waals surface area contributed by atoms with Gasteiger partial charge in [-0.25, -0.2) is 0 Å². The molecular weight excluding hydrogens is 174 g/mol. The first-order valence-corrected chi connectivity index (χ1v) is 5.46. The zero-order valence-electron chi connectivity index (χ0n) is 10.9. The smallest absolute Gasteiger partial charge is 0.0807 e. The first-order chi connectivity index (χ1) is 6.76. The lowest BCUT2D eigenvalue weighted by atomic mass is 10.1. The van der Waals surface area contributed by atoms with Gasteiger partial charge in [-0.15, -0.1) is 0 Å². The van der Waals surface area contributed by atoms with E-state index in [2.05, 4.69) is 17.0 Å². The molecule has 0 fully saturated rings. The summed E-state index contributed by atoms with van der Waals surface area (Å²) in [6, 6.07) is 0. The van der Waals surface area contributed by atoms with Crippen molar-refractivity contribution in [1.82, 2.24) is 0 Å². The normalized spacial score (nSPS) is 10.8. The van der Waals surface area contributed by atoms with Crippen molar-refractivity contribution in [3.8, 4) is 0 Å². The van der Waals surface area contributed by atoms with Crippen molar-refractivity contribution in [3.63, 3.8) is 0 Å². The number of hydrogen-bond acceptors (Lipinski definition) is 3. The third kappa shape index (κ3) is 11.1. The maximum Gasteiger partial charge on any atom is 0.0807 e. The Morgan fingerprint density at radius 1 is 1.14 bits per heavy atom. The van der Waals surface area contributed by atoms with Gasteiger partial charge in [0.05, 0.1) is 11.4 Å². The molecule has 0 saturated carbocycles. The molecule has 0 spiro atoms. The molecule has 0 heterocycles. The number of aliphatic imine (C=N–C) groups is 1. The van der Waals surface area contributed by atoms with Gasteiger partial charge < -0.3 is 5.84 Å². The molecule has 0 aliphatic heterocycles. The van der Waals surface area contributed by atoms with Crippen LogP contribution in [0.25, 0.3) is 0 Å². The van der Waals surface area contributed by atoms with Gasteiger partial charge in [0.15, 0.2) is 0 Å². The van der Waals surface area contributed by atoms with Crippen molar-refractivity contribution in [2.45, 2.75) is 54.4 Å². The van der Waals surface area contributed by atoms with Crippen LogP contribution < -0.4 is 5.84 Å². The predicted octanol–water partition coefficient (Wildman–Crippen LogP) is 3.24. The van der Waals surface area contributed by atoms with Crippen LogP contribution >= 0.6 is 0 Å².